The van der Waals surface area contributed by atoms with Crippen LogP contribution in [0.5, 0.6) is 0 Å². The highest BCUT2D eigenvalue weighted by molar-refractivity contribution is 4.68. The summed E-state index contributed by atoms with van der Waals surface area (Å²) in [4.78, 5) is 1.76. The highest BCUT2D eigenvalue weighted by atomic mass is 15.3. The van der Waals surface area contributed by atoms with E-state index in [1.165, 1.54) is 134 Å². The van der Waals surface area contributed by atoms with E-state index in [1.54, 1.807) is 4.90 Å². The minimum absolute atomic E-state index is 1.05. The number of hydrogen-bond acceptors (Lipinski definition) is 0. The van der Waals surface area contributed by atoms with Crippen LogP contribution in [0.2, 0.25) is 0 Å². The van der Waals surface area contributed by atoms with Gasteiger partial charge in [0.15, 0.2) is 0 Å². The number of unbranched alkanes of at least 4 members (excludes halogenated alkanes) is 6. The molecule has 0 amide bonds. The summed E-state index contributed by atoms with van der Waals surface area (Å²) < 4.78 is 1.38. The van der Waals surface area contributed by atoms with E-state index in [-0.39, 0.29) is 0 Å². The van der Waals surface area contributed by atoms with E-state index in [2.05, 4.69) is 34.9 Å². The second kappa shape index (κ2) is 20.5. The normalized spacial score (nSPS) is 28.2. The Balaban J connectivity index is 0.00000165. The minimum atomic E-state index is 1.05. The highest BCUT2D eigenvalue weighted by Crippen LogP contribution is 2.28. The van der Waals surface area contributed by atoms with Crippen molar-refractivity contribution in [3.05, 3.63) is 0 Å². The van der Waals surface area contributed by atoms with Crippen LogP contribution < -0.4 is 4.90 Å². The Labute approximate surface area is 199 Å². The maximum atomic E-state index is 2.54. The summed E-state index contributed by atoms with van der Waals surface area (Å²) >= 11 is 0. The van der Waals surface area contributed by atoms with Gasteiger partial charge in [-0.05, 0) is 50.4 Å². The first-order valence-corrected chi connectivity index (χ1v) is 14.7. The Morgan fingerprint density at radius 3 is 1.65 bits per heavy atom. The van der Waals surface area contributed by atoms with Gasteiger partial charge in [0.05, 0.1) is 46.8 Å². The fraction of sp³-hybridized carbons (Fsp3) is 1.00. The SMILES string of the molecule is CC.CCC.CCCCCCCCC[N+]1(C)CCC(CCCC2CC[NH+](C)CC2)CC1. The highest BCUT2D eigenvalue weighted by Gasteiger charge is 2.29. The molecule has 2 fully saturated rings. The van der Waals surface area contributed by atoms with E-state index < -0.39 is 0 Å². The molecule has 2 rings (SSSR count). The molecule has 2 heterocycles. The zero-order chi connectivity index (χ0) is 23.4. The van der Waals surface area contributed by atoms with Gasteiger partial charge in [0.25, 0.3) is 0 Å². The average Bonchev–Trinajstić information content (AvgIpc) is 2.78. The van der Waals surface area contributed by atoms with Crippen LogP contribution in [0.25, 0.3) is 0 Å². The number of quaternary nitrogens is 2. The van der Waals surface area contributed by atoms with Crippen LogP contribution in [-0.4, -0.2) is 51.3 Å². The molecule has 31 heavy (non-hydrogen) atoms. The Bertz CT molecular complexity index is 352. The van der Waals surface area contributed by atoms with Crippen molar-refractivity contribution in [2.24, 2.45) is 11.8 Å². The molecule has 2 nitrogen and oxygen atoms in total. The molecule has 2 saturated heterocycles. The number of rotatable bonds is 12. The topological polar surface area (TPSA) is 4.44 Å². The predicted octanol–water partition coefficient (Wildman–Crippen LogP) is 7.13. The summed E-state index contributed by atoms with van der Waals surface area (Å²) in [6.07, 6.45) is 21.9. The first-order chi connectivity index (χ1) is 15.0. The number of likely N-dealkylation sites (tertiary alicyclic amines) is 2. The molecule has 2 aliphatic heterocycles. The summed E-state index contributed by atoms with van der Waals surface area (Å²) in [7, 11) is 4.90. The first-order valence-electron chi connectivity index (χ1n) is 14.7. The van der Waals surface area contributed by atoms with E-state index >= 15 is 0 Å². The molecule has 0 spiro atoms. The zero-order valence-corrected chi connectivity index (χ0v) is 23.2. The number of nitrogens with one attached hydrogen (secondary N) is 1. The molecule has 0 unspecified atom stereocenters. The van der Waals surface area contributed by atoms with Crippen molar-refractivity contribution in [3.8, 4) is 0 Å². The molecular formula is C29H64N2+2. The second-order valence-electron chi connectivity index (χ2n) is 10.9. The monoisotopic (exact) mass is 441 g/mol. The van der Waals surface area contributed by atoms with Crippen LogP contribution in [0.1, 0.15) is 131 Å². The van der Waals surface area contributed by atoms with Crippen LogP contribution in [0, 0.1) is 11.8 Å². The van der Waals surface area contributed by atoms with Crippen molar-refractivity contribution >= 4 is 0 Å². The van der Waals surface area contributed by atoms with Crippen LogP contribution in [0.15, 0.2) is 0 Å². The molecule has 1 N–H and O–H groups in total. The van der Waals surface area contributed by atoms with Crippen molar-refractivity contribution in [1.29, 1.82) is 0 Å². The van der Waals surface area contributed by atoms with Gasteiger partial charge in [0.2, 0.25) is 0 Å². The molecular weight excluding hydrogens is 376 g/mol. The van der Waals surface area contributed by atoms with Gasteiger partial charge in [0, 0.05) is 0 Å². The summed E-state index contributed by atoms with van der Waals surface area (Å²) in [5.41, 5.74) is 0. The van der Waals surface area contributed by atoms with Gasteiger partial charge < -0.3 is 9.38 Å². The Hall–Kier alpha value is -0.0800. The first kappa shape index (κ1) is 30.9. The Kier molecular flexibility index (Phi) is 20.5. The van der Waals surface area contributed by atoms with E-state index in [4.69, 9.17) is 0 Å². The van der Waals surface area contributed by atoms with Crippen molar-refractivity contribution in [1.82, 2.24) is 0 Å². The summed E-state index contributed by atoms with van der Waals surface area (Å²) in [6, 6.07) is 0. The van der Waals surface area contributed by atoms with Gasteiger partial charge in [-0.1, -0.05) is 92.4 Å². The Morgan fingerprint density at radius 2 is 1.13 bits per heavy atom. The molecule has 0 bridgehead atoms. The van der Waals surface area contributed by atoms with E-state index in [0.717, 1.165) is 11.8 Å². The predicted molar refractivity (Wildman–Crippen MR) is 142 cm³/mol. The van der Waals surface area contributed by atoms with Crippen LogP contribution >= 0.6 is 0 Å². The van der Waals surface area contributed by atoms with Crippen LogP contribution in [0.4, 0.5) is 0 Å². The fourth-order valence-corrected chi connectivity index (χ4v) is 5.36. The van der Waals surface area contributed by atoms with Gasteiger partial charge in [-0.3, -0.25) is 0 Å². The van der Waals surface area contributed by atoms with Gasteiger partial charge in [-0.15, -0.1) is 0 Å². The number of nitrogens with zero attached hydrogens (tertiary/aromatic N) is 1. The summed E-state index contributed by atoms with van der Waals surface area (Å²) in [5.74, 6) is 2.10. The molecule has 0 aromatic heterocycles. The van der Waals surface area contributed by atoms with Gasteiger partial charge in [0.1, 0.15) is 0 Å². The molecule has 2 aliphatic rings. The largest absolute Gasteiger partial charge is 0.337 e. The van der Waals surface area contributed by atoms with Crippen molar-refractivity contribution in [2.75, 3.05) is 46.8 Å². The maximum absolute atomic E-state index is 2.54. The molecule has 0 aromatic carbocycles. The lowest BCUT2D eigenvalue weighted by Gasteiger charge is -2.41. The molecule has 2 heteroatoms. The molecule has 0 radical (unpaired) electrons. The molecule has 188 valence electrons. The summed E-state index contributed by atoms with van der Waals surface area (Å²) in [6.45, 7) is 17.8. The maximum Gasteiger partial charge on any atom is 0.0787 e. The van der Waals surface area contributed by atoms with Crippen LogP contribution in [-0.2, 0) is 0 Å². The number of piperidine rings is 2. The molecule has 0 aromatic rings. The third kappa shape index (κ3) is 16.2. The Morgan fingerprint density at radius 1 is 0.677 bits per heavy atom. The van der Waals surface area contributed by atoms with E-state index in [0.29, 0.717) is 0 Å². The lowest BCUT2D eigenvalue weighted by Crippen LogP contribution is -3.10. The summed E-state index contributed by atoms with van der Waals surface area (Å²) in [5, 5.41) is 0. The second-order valence-corrected chi connectivity index (χ2v) is 10.9. The van der Waals surface area contributed by atoms with E-state index in [1.807, 2.05) is 13.8 Å². The molecule has 0 aliphatic carbocycles. The van der Waals surface area contributed by atoms with Gasteiger partial charge in [-0.25, -0.2) is 0 Å². The molecule has 0 saturated carbocycles. The third-order valence-corrected chi connectivity index (χ3v) is 7.64. The van der Waals surface area contributed by atoms with Crippen LogP contribution in [0.3, 0.4) is 0 Å². The fourth-order valence-electron chi connectivity index (χ4n) is 5.36. The lowest BCUT2D eigenvalue weighted by atomic mass is 9.86. The third-order valence-electron chi connectivity index (χ3n) is 7.64. The lowest BCUT2D eigenvalue weighted by molar-refractivity contribution is -0.915. The van der Waals surface area contributed by atoms with Crippen molar-refractivity contribution in [3.63, 3.8) is 0 Å². The quantitative estimate of drug-likeness (QED) is 0.243. The van der Waals surface area contributed by atoms with Crippen molar-refractivity contribution in [2.45, 2.75) is 131 Å². The number of hydrogen-bond donors (Lipinski definition) is 1. The van der Waals surface area contributed by atoms with Gasteiger partial charge >= 0.3 is 0 Å². The zero-order valence-electron chi connectivity index (χ0n) is 23.2. The smallest absolute Gasteiger partial charge is 0.0787 e. The molecule has 0 atom stereocenters. The van der Waals surface area contributed by atoms with Crippen molar-refractivity contribution < 1.29 is 9.38 Å². The standard InChI is InChI=1S/C24H49N2.C3H8.C2H6/c1-4-5-6-7-8-9-10-20-26(3)21-16-24(17-22-26)13-11-12-23-14-18-25(2)19-15-23;1-3-2;1-2/h23-24H,4-22H2,1-3H3;3H2,1-2H3;1-2H3/q+1;;/p+1. The van der Waals surface area contributed by atoms with Gasteiger partial charge in [-0.2, -0.15) is 0 Å². The van der Waals surface area contributed by atoms with E-state index in [9.17, 15) is 0 Å². The average molecular weight is 441 g/mol. The minimum Gasteiger partial charge on any atom is -0.337 e.